The van der Waals surface area contributed by atoms with Crippen molar-refractivity contribution in [1.82, 2.24) is 9.97 Å². The zero-order valence-electron chi connectivity index (χ0n) is 12.3. The average molecular weight is 297 g/mol. The van der Waals surface area contributed by atoms with Crippen molar-refractivity contribution < 1.29 is 18.9 Å². The Morgan fingerprint density at radius 2 is 1.10 bits per heavy atom. The molecule has 0 spiro atoms. The first kappa shape index (κ1) is 16.1. The van der Waals surface area contributed by atoms with Gasteiger partial charge < -0.3 is 23.8 Å². The van der Waals surface area contributed by atoms with Gasteiger partial charge in [-0.3, -0.25) is 0 Å². The fraction of sp³-hybridized carbons (Fsp3) is 0.714. The number of rotatable bonds is 1. The lowest BCUT2D eigenvalue weighted by molar-refractivity contribution is 0.00206. The van der Waals surface area contributed by atoms with Gasteiger partial charge in [-0.05, 0) is 6.07 Å². The van der Waals surface area contributed by atoms with Crippen molar-refractivity contribution in [2.45, 2.75) is 0 Å². The number of aromatic nitrogens is 2. The van der Waals surface area contributed by atoms with E-state index in [4.69, 9.17) is 18.9 Å². The van der Waals surface area contributed by atoms with E-state index in [2.05, 4.69) is 14.9 Å². The van der Waals surface area contributed by atoms with E-state index in [1.165, 1.54) is 0 Å². The molecule has 1 fully saturated rings. The van der Waals surface area contributed by atoms with Gasteiger partial charge in [-0.1, -0.05) is 0 Å². The molecule has 1 aromatic rings. The maximum absolute atomic E-state index is 5.56. The van der Waals surface area contributed by atoms with Gasteiger partial charge in [0.1, 0.15) is 0 Å². The van der Waals surface area contributed by atoms with Crippen molar-refractivity contribution in [3.63, 3.8) is 0 Å². The normalized spacial score (nSPS) is 20.5. The van der Waals surface area contributed by atoms with Gasteiger partial charge in [-0.25, -0.2) is 9.97 Å². The molecule has 0 bridgehead atoms. The SMILES string of the molecule is c1cnc(N2CCOCCOCCOCCOCC2)nc1. The van der Waals surface area contributed by atoms with Crippen LogP contribution in [-0.4, -0.2) is 75.9 Å². The highest BCUT2D eigenvalue weighted by atomic mass is 16.6. The first-order valence-electron chi connectivity index (χ1n) is 7.30. The molecular formula is C14H23N3O4. The minimum absolute atomic E-state index is 0.583. The van der Waals surface area contributed by atoms with Gasteiger partial charge in [-0.2, -0.15) is 0 Å². The monoisotopic (exact) mass is 297 g/mol. The molecule has 21 heavy (non-hydrogen) atoms. The van der Waals surface area contributed by atoms with Crippen LogP contribution in [0.5, 0.6) is 0 Å². The Kier molecular flexibility index (Phi) is 8.01. The van der Waals surface area contributed by atoms with E-state index in [0.29, 0.717) is 58.8 Å². The number of hydrogen-bond donors (Lipinski definition) is 0. The maximum atomic E-state index is 5.56. The maximum Gasteiger partial charge on any atom is 0.225 e. The van der Waals surface area contributed by atoms with Gasteiger partial charge in [0, 0.05) is 25.5 Å². The van der Waals surface area contributed by atoms with Crippen molar-refractivity contribution in [2.75, 3.05) is 70.8 Å². The van der Waals surface area contributed by atoms with Crippen molar-refractivity contribution in [1.29, 1.82) is 0 Å². The number of nitrogens with zero attached hydrogens (tertiary/aromatic N) is 3. The van der Waals surface area contributed by atoms with E-state index in [9.17, 15) is 0 Å². The summed E-state index contributed by atoms with van der Waals surface area (Å²) in [6.45, 7) is 6.19. The van der Waals surface area contributed by atoms with E-state index in [1.54, 1.807) is 18.5 Å². The molecule has 0 saturated carbocycles. The van der Waals surface area contributed by atoms with Crippen molar-refractivity contribution in [2.24, 2.45) is 0 Å². The van der Waals surface area contributed by atoms with Crippen LogP contribution in [0.25, 0.3) is 0 Å². The third-order valence-corrected chi connectivity index (χ3v) is 2.96. The van der Waals surface area contributed by atoms with E-state index in [-0.39, 0.29) is 0 Å². The highest BCUT2D eigenvalue weighted by molar-refractivity contribution is 5.27. The first-order valence-corrected chi connectivity index (χ1v) is 7.30. The van der Waals surface area contributed by atoms with Crippen LogP contribution < -0.4 is 4.90 Å². The highest BCUT2D eigenvalue weighted by Crippen LogP contribution is 2.04. The highest BCUT2D eigenvalue weighted by Gasteiger charge is 2.09. The van der Waals surface area contributed by atoms with Gasteiger partial charge in [-0.15, -0.1) is 0 Å². The lowest BCUT2D eigenvalue weighted by Gasteiger charge is -2.22. The molecule has 0 atom stereocenters. The van der Waals surface area contributed by atoms with Gasteiger partial charge in [0.25, 0.3) is 0 Å². The van der Waals surface area contributed by atoms with Crippen LogP contribution in [0.2, 0.25) is 0 Å². The average Bonchev–Trinajstić information content (AvgIpc) is 2.54. The summed E-state index contributed by atoms with van der Waals surface area (Å²) in [7, 11) is 0. The third kappa shape index (κ3) is 6.81. The Hall–Kier alpha value is -1.28. The Balaban J connectivity index is 1.83. The molecule has 0 N–H and O–H groups in total. The molecule has 2 heterocycles. The van der Waals surface area contributed by atoms with Crippen molar-refractivity contribution >= 4 is 5.95 Å². The number of ether oxygens (including phenoxy) is 4. The van der Waals surface area contributed by atoms with Crippen LogP contribution in [0.1, 0.15) is 0 Å². The van der Waals surface area contributed by atoms with Crippen LogP contribution in [0, 0.1) is 0 Å². The summed E-state index contributed by atoms with van der Waals surface area (Å²) < 4.78 is 21.9. The van der Waals surface area contributed by atoms with Gasteiger partial charge >= 0.3 is 0 Å². The molecule has 7 heteroatoms. The van der Waals surface area contributed by atoms with Crippen molar-refractivity contribution in [3.8, 4) is 0 Å². The van der Waals surface area contributed by atoms with E-state index in [1.807, 2.05) is 0 Å². The zero-order chi connectivity index (χ0) is 14.6. The van der Waals surface area contributed by atoms with Crippen LogP contribution in [-0.2, 0) is 18.9 Å². The summed E-state index contributed by atoms with van der Waals surface area (Å²) in [4.78, 5) is 10.6. The molecule has 0 unspecified atom stereocenters. The van der Waals surface area contributed by atoms with Crippen LogP contribution in [0.3, 0.4) is 0 Å². The van der Waals surface area contributed by atoms with Gasteiger partial charge in [0.05, 0.1) is 52.9 Å². The summed E-state index contributed by atoms with van der Waals surface area (Å²) >= 11 is 0. The van der Waals surface area contributed by atoms with E-state index >= 15 is 0 Å². The minimum atomic E-state index is 0.583. The minimum Gasteiger partial charge on any atom is -0.377 e. The quantitative estimate of drug-likeness (QED) is 0.741. The summed E-state index contributed by atoms with van der Waals surface area (Å²) in [6.07, 6.45) is 3.47. The fourth-order valence-corrected chi connectivity index (χ4v) is 1.88. The predicted molar refractivity (Wildman–Crippen MR) is 77.5 cm³/mol. The molecule has 0 amide bonds. The molecule has 1 aliphatic heterocycles. The Morgan fingerprint density at radius 3 is 1.57 bits per heavy atom. The Bertz CT molecular complexity index is 350. The topological polar surface area (TPSA) is 65.9 Å². The number of hydrogen-bond acceptors (Lipinski definition) is 7. The molecule has 7 nitrogen and oxygen atoms in total. The summed E-state index contributed by atoms with van der Waals surface area (Å²) in [5.74, 6) is 0.696. The van der Waals surface area contributed by atoms with E-state index in [0.717, 1.165) is 13.1 Å². The number of anilines is 1. The standard InChI is InChI=1S/C14H23N3O4/c1-2-15-14(16-3-1)17-4-6-18-8-10-20-12-13-21-11-9-19-7-5-17/h1-3H,4-13H2. The Morgan fingerprint density at radius 1 is 0.667 bits per heavy atom. The Labute approximate surface area is 125 Å². The van der Waals surface area contributed by atoms with Crippen molar-refractivity contribution in [3.05, 3.63) is 18.5 Å². The van der Waals surface area contributed by atoms with Crippen LogP contribution in [0.4, 0.5) is 5.95 Å². The zero-order valence-corrected chi connectivity index (χ0v) is 12.3. The molecule has 1 saturated heterocycles. The second-order valence-electron chi connectivity index (χ2n) is 4.49. The van der Waals surface area contributed by atoms with Crippen LogP contribution in [0.15, 0.2) is 18.5 Å². The van der Waals surface area contributed by atoms with E-state index < -0.39 is 0 Å². The second kappa shape index (κ2) is 10.4. The molecule has 0 radical (unpaired) electrons. The fourth-order valence-electron chi connectivity index (χ4n) is 1.88. The lowest BCUT2D eigenvalue weighted by atomic mass is 10.5. The lowest BCUT2D eigenvalue weighted by Crippen LogP contribution is -2.32. The molecule has 0 aromatic carbocycles. The first-order chi connectivity index (χ1) is 10.5. The molecular weight excluding hydrogens is 274 g/mol. The smallest absolute Gasteiger partial charge is 0.225 e. The summed E-state index contributed by atoms with van der Waals surface area (Å²) in [5.41, 5.74) is 0. The molecule has 1 aromatic heterocycles. The molecule has 118 valence electrons. The van der Waals surface area contributed by atoms with Gasteiger partial charge in [0.15, 0.2) is 0 Å². The molecule has 2 rings (SSSR count). The largest absolute Gasteiger partial charge is 0.377 e. The molecule has 0 aliphatic carbocycles. The third-order valence-electron chi connectivity index (χ3n) is 2.96. The van der Waals surface area contributed by atoms with Crippen LogP contribution >= 0.6 is 0 Å². The second-order valence-corrected chi connectivity index (χ2v) is 4.49. The predicted octanol–water partition coefficient (Wildman–Crippen LogP) is 0.363. The molecule has 1 aliphatic rings. The summed E-state index contributed by atoms with van der Waals surface area (Å²) in [6, 6.07) is 1.80. The van der Waals surface area contributed by atoms with Gasteiger partial charge in [0.2, 0.25) is 5.95 Å². The summed E-state index contributed by atoms with van der Waals surface area (Å²) in [5, 5.41) is 0.